The average molecular weight is 527 g/mol. The van der Waals surface area contributed by atoms with E-state index in [-0.39, 0.29) is 23.8 Å². The number of benzene rings is 1. The van der Waals surface area contributed by atoms with Crippen molar-refractivity contribution in [2.75, 3.05) is 32.1 Å². The summed E-state index contributed by atoms with van der Waals surface area (Å²) >= 11 is 1.38. The van der Waals surface area contributed by atoms with E-state index >= 15 is 0 Å². The van der Waals surface area contributed by atoms with E-state index in [0.717, 1.165) is 62.1 Å². The molecule has 0 bridgehead atoms. The lowest BCUT2D eigenvalue weighted by atomic mass is 9.82. The molecule has 1 saturated heterocycles. The maximum atomic E-state index is 14.2. The Morgan fingerprint density at radius 2 is 1.70 bits per heavy atom. The molecule has 0 spiro atoms. The molecule has 1 saturated carbocycles. The van der Waals surface area contributed by atoms with Crippen molar-refractivity contribution < 1.29 is 24.0 Å². The van der Waals surface area contributed by atoms with Crippen LogP contribution < -0.4 is 15.1 Å². The summed E-state index contributed by atoms with van der Waals surface area (Å²) in [6, 6.07) is 11.2. The largest absolute Gasteiger partial charge is 0.467 e. The number of nitrogens with one attached hydrogen (secondary N) is 2. The van der Waals surface area contributed by atoms with Crippen molar-refractivity contribution in [3.05, 3.63) is 41.3 Å². The first-order valence-corrected chi connectivity index (χ1v) is 14.3. The number of ether oxygens (including phenoxy) is 1. The third-order valence-corrected chi connectivity index (χ3v) is 9.09. The van der Waals surface area contributed by atoms with Crippen molar-refractivity contribution in [2.45, 2.75) is 64.5 Å². The Balaban J connectivity index is 1.75. The highest BCUT2D eigenvalue weighted by atomic mass is 32.1. The quantitative estimate of drug-likeness (QED) is 0.541. The van der Waals surface area contributed by atoms with E-state index in [0.29, 0.717) is 16.5 Å². The van der Waals surface area contributed by atoms with E-state index in [4.69, 9.17) is 4.74 Å². The number of likely N-dealkylation sites (tertiary alicyclic amines) is 1. The Hall–Kier alpha value is -2.71. The molecule has 2 amide bonds. The van der Waals surface area contributed by atoms with Crippen LogP contribution in [0.1, 0.15) is 62.0 Å². The number of thiophene rings is 1. The molecular formula is C29H40N3O4S+. The number of quaternary nitrogens is 1. The van der Waals surface area contributed by atoms with Crippen molar-refractivity contribution in [1.82, 2.24) is 5.32 Å². The topological polar surface area (TPSA) is 80.2 Å². The molecule has 2 heterocycles. The first-order chi connectivity index (χ1) is 17.8. The number of methoxy groups -OCH3 is 1. The van der Waals surface area contributed by atoms with Gasteiger partial charge in [-0.2, -0.15) is 0 Å². The highest BCUT2D eigenvalue weighted by Gasteiger charge is 2.38. The number of hydrogen-bond acceptors (Lipinski definition) is 5. The van der Waals surface area contributed by atoms with Crippen LogP contribution >= 0.6 is 11.3 Å². The fraction of sp³-hybridized carbons (Fsp3) is 0.552. The Bertz CT molecular complexity index is 1090. The molecule has 1 aromatic heterocycles. The van der Waals surface area contributed by atoms with Crippen molar-refractivity contribution in [3.8, 4) is 10.4 Å². The highest BCUT2D eigenvalue weighted by Crippen LogP contribution is 2.40. The number of esters is 1. The maximum Gasteiger partial charge on any atom is 0.328 e. The van der Waals surface area contributed by atoms with E-state index in [9.17, 15) is 14.4 Å². The number of carbonyl (C=O) groups is 3. The summed E-state index contributed by atoms with van der Waals surface area (Å²) in [4.78, 5) is 44.7. The van der Waals surface area contributed by atoms with E-state index < -0.39 is 12.0 Å². The molecule has 2 aliphatic rings. The molecule has 8 heteroatoms. The summed E-state index contributed by atoms with van der Waals surface area (Å²) in [6.45, 7) is 5.86. The zero-order valence-electron chi connectivity index (χ0n) is 22.4. The maximum absolute atomic E-state index is 14.2. The van der Waals surface area contributed by atoms with Crippen LogP contribution in [0.4, 0.5) is 5.69 Å². The minimum atomic E-state index is -0.788. The van der Waals surface area contributed by atoms with E-state index in [1.54, 1.807) is 6.92 Å². The first kappa shape index (κ1) is 27.3. The predicted molar refractivity (Wildman–Crippen MR) is 147 cm³/mol. The van der Waals surface area contributed by atoms with Crippen LogP contribution in [-0.2, 0) is 14.3 Å². The average Bonchev–Trinajstić information content (AvgIpc) is 3.35. The molecule has 200 valence electrons. The Kier molecular flexibility index (Phi) is 9.03. The Morgan fingerprint density at radius 1 is 1.05 bits per heavy atom. The van der Waals surface area contributed by atoms with E-state index in [1.807, 2.05) is 41.3 Å². The third kappa shape index (κ3) is 6.41. The van der Waals surface area contributed by atoms with Gasteiger partial charge in [-0.1, -0.05) is 37.3 Å². The molecule has 1 aromatic carbocycles. The molecule has 0 unspecified atom stereocenters. The number of piperidine rings is 1. The SMILES string of the molecule is COC(=O)[C@@H](C)NC(=O)c1sc(-c2ccccc2)cc1N(C(=O)C1CCC(C)CC1)C1CC[NH+](C)CC1. The molecular weight excluding hydrogens is 486 g/mol. The van der Waals surface area contributed by atoms with Crippen LogP contribution in [0.25, 0.3) is 10.4 Å². The normalized spacial score (nSPS) is 24.6. The van der Waals surface area contributed by atoms with Gasteiger partial charge in [-0.15, -0.1) is 11.3 Å². The fourth-order valence-corrected chi connectivity index (χ4v) is 6.58. The lowest BCUT2D eigenvalue weighted by Gasteiger charge is -2.38. The molecule has 2 fully saturated rings. The Labute approximate surface area is 224 Å². The molecule has 2 N–H and O–H groups in total. The molecule has 1 aliphatic carbocycles. The van der Waals surface area contributed by atoms with Crippen LogP contribution in [0, 0.1) is 11.8 Å². The van der Waals surface area contributed by atoms with E-state index in [1.165, 1.54) is 23.3 Å². The third-order valence-electron chi connectivity index (χ3n) is 7.92. The summed E-state index contributed by atoms with van der Waals surface area (Å²) in [5, 5.41) is 2.80. The number of anilines is 1. The minimum Gasteiger partial charge on any atom is -0.467 e. The van der Waals surface area contributed by atoms with Gasteiger partial charge < -0.3 is 19.9 Å². The van der Waals surface area contributed by atoms with Gasteiger partial charge in [0.25, 0.3) is 5.91 Å². The summed E-state index contributed by atoms with van der Waals surface area (Å²) in [5.41, 5.74) is 1.67. The summed E-state index contributed by atoms with van der Waals surface area (Å²) < 4.78 is 4.82. The van der Waals surface area contributed by atoms with Gasteiger partial charge in [0.2, 0.25) is 5.91 Å². The van der Waals surface area contributed by atoms with Gasteiger partial charge in [0, 0.05) is 29.7 Å². The van der Waals surface area contributed by atoms with Crippen molar-refractivity contribution in [1.29, 1.82) is 0 Å². The molecule has 0 radical (unpaired) electrons. The molecule has 2 aromatic rings. The van der Waals surface area contributed by atoms with Gasteiger partial charge in [-0.3, -0.25) is 9.59 Å². The zero-order valence-corrected chi connectivity index (χ0v) is 23.2. The van der Waals surface area contributed by atoms with Gasteiger partial charge in [0.05, 0.1) is 32.9 Å². The lowest BCUT2D eigenvalue weighted by Crippen LogP contribution is -3.10. The number of nitrogens with zero attached hydrogens (tertiary/aromatic N) is 1. The van der Waals surface area contributed by atoms with E-state index in [2.05, 4.69) is 19.3 Å². The predicted octanol–water partition coefficient (Wildman–Crippen LogP) is 3.54. The zero-order chi connectivity index (χ0) is 26.5. The summed E-state index contributed by atoms with van der Waals surface area (Å²) in [5.74, 6) is -0.0838. The summed E-state index contributed by atoms with van der Waals surface area (Å²) in [6.07, 6.45) is 5.71. The smallest absolute Gasteiger partial charge is 0.328 e. The highest BCUT2D eigenvalue weighted by molar-refractivity contribution is 7.18. The lowest BCUT2D eigenvalue weighted by molar-refractivity contribution is -0.884. The second kappa shape index (κ2) is 12.2. The number of amides is 2. The van der Waals surface area contributed by atoms with Gasteiger partial charge in [0.1, 0.15) is 10.9 Å². The number of rotatable bonds is 7. The van der Waals surface area contributed by atoms with Gasteiger partial charge in [-0.25, -0.2) is 4.79 Å². The number of carbonyl (C=O) groups excluding carboxylic acids is 3. The van der Waals surface area contributed by atoms with Crippen LogP contribution in [0.15, 0.2) is 36.4 Å². The molecule has 7 nitrogen and oxygen atoms in total. The van der Waals surface area contributed by atoms with Crippen LogP contribution in [-0.4, -0.2) is 57.1 Å². The van der Waals surface area contributed by atoms with Crippen LogP contribution in [0.5, 0.6) is 0 Å². The molecule has 1 aliphatic heterocycles. The van der Waals surface area contributed by atoms with Gasteiger partial charge in [0.15, 0.2) is 0 Å². The van der Waals surface area contributed by atoms with Crippen molar-refractivity contribution in [2.24, 2.45) is 11.8 Å². The number of hydrogen-bond donors (Lipinski definition) is 2. The second-order valence-corrected chi connectivity index (χ2v) is 11.8. The first-order valence-electron chi connectivity index (χ1n) is 13.5. The van der Waals surface area contributed by atoms with Gasteiger partial charge >= 0.3 is 5.97 Å². The molecule has 37 heavy (non-hydrogen) atoms. The monoisotopic (exact) mass is 526 g/mol. The second-order valence-electron chi connectivity index (χ2n) is 10.8. The molecule has 4 rings (SSSR count). The summed E-state index contributed by atoms with van der Waals surface area (Å²) in [7, 11) is 3.50. The van der Waals surface area contributed by atoms with Crippen molar-refractivity contribution >= 4 is 34.8 Å². The van der Waals surface area contributed by atoms with Gasteiger partial charge in [-0.05, 0) is 50.2 Å². The molecule has 1 atom stereocenters. The van der Waals surface area contributed by atoms with Crippen LogP contribution in [0.3, 0.4) is 0 Å². The Morgan fingerprint density at radius 3 is 2.32 bits per heavy atom. The standard InChI is InChI=1S/C29H39N3O4S/c1-19-10-12-22(13-11-19)28(34)32(23-14-16-31(3)17-15-23)24-18-25(21-8-6-5-7-9-21)37-26(24)27(33)30-20(2)29(35)36-4/h5-9,18-20,22-23H,10-17H2,1-4H3,(H,30,33)/p+1/t19?,20-,22?/m1/s1. The minimum absolute atomic E-state index is 0.0202. The van der Waals surface area contributed by atoms with Crippen LogP contribution in [0.2, 0.25) is 0 Å². The fourth-order valence-electron chi connectivity index (χ4n) is 5.52. The van der Waals surface area contributed by atoms with Crippen molar-refractivity contribution in [3.63, 3.8) is 0 Å².